The minimum atomic E-state index is -3.83. The first kappa shape index (κ1) is 19.2. The van der Waals surface area contributed by atoms with Crippen molar-refractivity contribution in [1.29, 1.82) is 0 Å². The topological polar surface area (TPSA) is 80.8 Å². The second-order valence-corrected chi connectivity index (χ2v) is 10.5. The third-order valence-corrected chi connectivity index (χ3v) is 8.73. The summed E-state index contributed by atoms with van der Waals surface area (Å²) in [6.45, 7) is 0.0614. The fraction of sp³-hybridized carbons (Fsp3) is 0.294. The summed E-state index contributed by atoms with van der Waals surface area (Å²) in [5.41, 5.74) is 0. The summed E-state index contributed by atoms with van der Waals surface area (Å²) in [5.74, 6) is 0.372. The molecule has 26 heavy (non-hydrogen) atoms. The maximum absolute atomic E-state index is 12.8. The fourth-order valence-corrected chi connectivity index (χ4v) is 6.59. The standard InChI is InChI=1S/C17H18ClNO5S2/c1-24-17-8-7-14(11-16(17)18)26(22,23)19-10-9-15(12-19)25(20,21)13-5-3-2-4-6-13/h2-8,11,15H,9-10,12H2,1H3. The van der Waals surface area contributed by atoms with Crippen LogP contribution in [0.1, 0.15) is 6.42 Å². The number of methoxy groups -OCH3 is 1. The lowest BCUT2D eigenvalue weighted by molar-refractivity contribution is 0.414. The Morgan fingerprint density at radius 2 is 1.73 bits per heavy atom. The van der Waals surface area contributed by atoms with Crippen LogP contribution in [0.5, 0.6) is 5.75 Å². The van der Waals surface area contributed by atoms with Gasteiger partial charge in [-0.05, 0) is 36.8 Å². The molecule has 3 rings (SSSR count). The van der Waals surface area contributed by atoms with E-state index in [0.717, 1.165) is 0 Å². The number of sulfonamides is 1. The molecule has 1 heterocycles. The highest BCUT2D eigenvalue weighted by molar-refractivity contribution is 7.92. The molecule has 1 saturated heterocycles. The first-order valence-electron chi connectivity index (χ1n) is 7.89. The van der Waals surface area contributed by atoms with E-state index in [9.17, 15) is 16.8 Å². The molecule has 0 amide bonds. The highest BCUT2D eigenvalue weighted by atomic mass is 35.5. The Balaban J connectivity index is 1.85. The van der Waals surface area contributed by atoms with Gasteiger partial charge >= 0.3 is 0 Å². The summed E-state index contributed by atoms with van der Waals surface area (Å²) >= 11 is 6.02. The summed E-state index contributed by atoms with van der Waals surface area (Å²) < 4.78 is 57.3. The smallest absolute Gasteiger partial charge is 0.243 e. The second-order valence-electron chi connectivity index (χ2n) is 5.93. The molecule has 1 aliphatic rings. The van der Waals surface area contributed by atoms with Crippen molar-refractivity contribution in [2.75, 3.05) is 20.2 Å². The van der Waals surface area contributed by atoms with Crippen molar-refractivity contribution in [3.05, 3.63) is 53.6 Å². The average molecular weight is 416 g/mol. The van der Waals surface area contributed by atoms with E-state index in [-0.39, 0.29) is 34.3 Å². The lowest BCUT2D eigenvalue weighted by Gasteiger charge is -2.17. The first-order valence-corrected chi connectivity index (χ1v) is 11.3. The molecule has 9 heteroatoms. The largest absolute Gasteiger partial charge is 0.495 e. The third kappa shape index (κ3) is 3.46. The van der Waals surface area contributed by atoms with Crippen LogP contribution in [0.25, 0.3) is 0 Å². The van der Waals surface area contributed by atoms with Crippen LogP contribution in [0.4, 0.5) is 0 Å². The highest BCUT2D eigenvalue weighted by Crippen LogP contribution is 2.31. The van der Waals surface area contributed by atoms with Crippen LogP contribution >= 0.6 is 11.6 Å². The molecule has 0 radical (unpaired) electrons. The molecule has 2 aromatic rings. The molecule has 0 aromatic heterocycles. The highest BCUT2D eigenvalue weighted by Gasteiger charge is 2.39. The van der Waals surface area contributed by atoms with Gasteiger partial charge in [-0.3, -0.25) is 0 Å². The van der Waals surface area contributed by atoms with E-state index < -0.39 is 25.1 Å². The van der Waals surface area contributed by atoms with Crippen molar-refractivity contribution < 1.29 is 21.6 Å². The fourth-order valence-electron chi connectivity index (χ4n) is 2.93. The number of sulfone groups is 1. The maximum atomic E-state index is 12.8. The SMILES string of the molecule is COc1ccc(S(=O)(=O)N2CCC(S(=O)(=O)c3ccccc3)C2)cc1Cl. The van der Waals surface area contributed by atoms with Crippen molar-refractivity contribution in [2.24, 2.45) is 0 Å². The molecule has 6 nitrogen and oxygen atoms in total. The van der Waals surface area contributed by atoms with Crippen LogP contribution in [-0.4, -0.2) is 46.6 Å². The molecule has 1 unspecified atom stereocenters. The van der Waals surface area contributed by atoms with Gasteiger partial charge in [-0.15, -0.1) is 0 Å². The molecule has 0 bridgehead atoms. The molecule has 1 atom stereocenters. The van der Waals surface area contributed by atoms with Gasteiger partial charge in [0.2, 0.25) is 10.0 Å². The van der Waals surface area contributed by atoms with Gasteiger partial charge in [0.15, 0.2) is 9.84 Å². The van der Waals surface area contributed by atoms with Crippen LogP contribution in [-0.2, 0) is 19.9 Å². The van der Waals surface area contributed by atoms with Crippen LogP contribution in [0.3, 0.4) is 0 Å². The van der Waals surface area contributed by atoms with Crippen molar-refractivity contribution >= 4 is 31.5 Å². The monoisotopic (exact) mass is 415 g/mol. The molecule has 0 spiro atoms. The third-order valence-electron chi connectivity index (χ3n) is 4.38. The number of hydrogen-bond acceptors (Lipinski definition) is 5. The summed E-state index contributed by atoms with van der Waals surface area (Å²) in [5, 5.41) is -0.588. The van der Waals surface area contributed by atoms with E-state index in [1.54, 1.807) is 18.2 Å². The molecule has 140 valence electrons. The van der Waals surface area contributed by atoms with E-state index in [2.05, 4.69) is 0 Å². The number of ether oxygens (including phenoxy) is 1. The number of rotatable bonds is 5. The minimum absolute atomic E-state index is 0.0149. The van der Waals surface area contributed by atoms with Gasteiger partial charge < -0.3 is 4.74 Å². The van der Waals surface area contributed by atoms with Crippen molar-refractivity contribution in [3.8, 4) is 5.75 Å². The maximum Gasteiger partial charge on any atom is 0.243 e. The molecule has 0 saturated carbocycles. The number of halogens is 1. The van der Waals surface area contributed by atoms with Gasteiger partial charge in [0, 0.05) is 13.1 Å². The van der Waals surface area contributed by atoms with Gasteiger partial charge in [-0.25, -0.2) is 16.8 Å². The summed E-state index contributed by atoms with van der Waals surface area (Å²) in [4.78, 5) is 0.220. The minimum Gasteiger partial charge on any atom is -0.495 e. The molecule has 1 aliphatic heterocycles. The number of nitrogens with zero attached hydrogens (tertiary/aromatic N) is 1. The van der Waals surface area contributed by atoms with E-state index in [1.165, 1.54) is 41.7 Å². The van der Waals surface area contributed by atoms with Gasteiger partial charge in [-0.2, -0.15) is 4.31 Å². The molecule has 2 aromatic carbocycles. The van der Waals surface area contributed by atoms with Crippen molar-refractivity contribution in [3.63, 3.8) is 0 Å². The van der Waals surface area contributed by atoms with Gasteiger partial charge in [-0.1, -0.05) is 29.8 Å². The molecule has 0 N–H and O–H groups in total. The predicted octanol–water partition coefficient (Wildman–Crippen LogP) is 2.59. The van der Waals surface area contributed by atoms with Gasteiger partial charge in [0.05, 0.1) is 27.2 Å². The normalized spacial score (nSPS) is 18.8. The van der Waals surface area contributed by atoms with E-state index in [4.69, 9.17) is 16.3 Å². The zero-order valence-corrected chi connectivity index (χ0v) is 16.4. The molecule has 1 fully saturated rings. The van der Waals surface area contributed by atoms with Crippen molar-refractivity contribution in [2.45, 2.75) is 21.5 Å². The zero-order valence-electron chi connectivity index (χ0n) is 14.0. The van der Waals surface area contributed by atoms with Crippen LogP contribution in [0.2, 0.25) is 5.02 Å². The Morgan fingerprint density at radius 3 is 2.35 bits per heavy atom. The van der Waals surface area contributed by atoms with Gasteiger partial charge in [0.1, 0.15) is 5.75 Å². The summed E-state index contributed by atoms with van der Waals surface area (Å²) in [7, 11) is -5.98. The average Bonchev–Trinajstić information content (AvgIpc) is 3.14. The van der Waals surface area contributed by atoms with Gasteiger partial charge in [0.25, 0.3) is 0 Å². The molecule has 0 aliphatic carbocycles. The summed E-state index contributed by atoms with van der Waals surface area (Å²) in [6.07, 6.45) is 0.250. The first-order chi connectivity index (χ1) is 12.3. The Kier molecular flexibility index (Phi) is 5.30. The Hall–Kier alpha value is -1.61. The van der Waals surface area contributed by atoms with Crippen LogP contribution < -0.4 is 4.74 Å². The number of hydrogen-bond donors (Lipinski definition) is 0. The van der Waals surface area contributed by atoms with Crippen LogP contribution in [0.15, 0.2) is 58.3 Å². The quantitative estimate of drug-likeness (QED) is 0.749. The zero-order chi connectivity index (χ0) is 18.9. The van der Waals surface area contributed by atoms with Crippen LogP contribution in [0, 0.1) is 0 Å². The van der Waals surface area contributed by atoms with E-state index >= 15 is 0 Å². The predicted molar refractivity (Wildman–Crippen MR) is 98.8 cm³/mol. The lowest BCUT2D eigenvalue weighted by Crippen LogP contribution is -2.32. The lowest BCUT2D eigenvalue weighted by atomic mass is 10.3. The Labute approximate surface area is 158 Å². The number of benzene rings is 2. The van der Waals surface area contributed by atoms with E-state index in [1.807, 2.05) is 0 Å². The van der Waals surface area contributed by atoms with Crippen molar-refractivity contribution in [1.82, 2.24) is 4.31 Å². The second kappa shape index (κ2) is 7.19. The Morgan fingerprint density at radius 1 is 1.04 bits per heavy atom. The molecular weight excluding hydrogens is 398 g/mol. The summed E-state index contributed by atoms with van der Waals surface area (Å²) in [6, 6.07) is 12.3. The van der Waals surface area contributed by atoms with E-state index in [0.29, 0.717) is 5.75 Å². The Bertz CT molecular complexity index is 1010. The molecular formula is C17H18ClNO5S2.